The van der Waals surface area contributed by atoms with Gasteiger partial charge in [0, 0.05) is 22.6 Å². The molecule has 1 aliphatic rings. The minimum absolute atomic E-state index is 0.0527. The second-order valence-electron chi connectivity index (χ2n) is 6.88. The molecule has 27 heavy (non-hydrogen) atoms. The molecule has 1 aromatic carbocycles. The Morgan fingerprint density at radius 2 is 2.15 bits per heavy atom. The maximum absolute atomic E-state index is 12.3. The van der Waals surface area contributed by atoms with Crippen molar-refractivity contribution in [1.29, 1.82) is 0 Å². The predicted octanol–water partition coefficient (Wildman–Crippen LogP) is 5.31. The molecular weight excluding hydrogens is 424 g/mol. The van der Waals surface area contributed by atoms with Crippen molar-refractivity contribution < 1.29 is 4.79 Å². The van der Waals surface area contributed by atoms with Crippen molar-refractivity contribution in [3.05, 3.63) is 46.7 Å². The molecule has 0 saturated heterocycles. The van der Waals surface area contributed by atoms with Gasteiger partial charge in [-0.1, -0.05) is 59.1 Å². The van der Waals surface area contributed by atoms with Crippen LogP contribution < -0.4 is 5.32 Å². The van der Waals surface area contributed by atoms with Crippen LogP contribution in [0, 0.1) is 6.92 Å². The zero-order chi connectivity index (χ0) is 19.2. The number of carbonyl (C=O) groups is 1. The van der Waals surface area contributed by atoms with E-state index < -0.39 is 0 Å². The number of hydrogen-bond acceptors (Lipinski definition) is 4. The Labute approximate surface area is 173 Å². The van der Waals surface area contributed by atoms with Gasteiger partial charge in [0.1, 0.15) is 5.82 Å². The van der Waals surface area contributed by atoms with E-state index in [-0.39, 0.29) is 5.91 Å². The summed E-state index contributed by atoms with van der Waals surface area (Å²) in [5.74, 6) is 1.76. The lowest BCUT2D eigenvalue weighted by Crippen LogP contribution is -2.15. The number of carbonyl (C=O) groups excluding carboxylic acids is 1. The van der Waals surface area contributed by atoms with E-state index in [0.29, 0.717) is 18.2 Å². The fourth-order valence-corrected chi connectivity index (χ4v) is 4.50. The van der Waals surface area contributed by atoms with E-state index in [4.69, 9.17) is 0 Å². The Morgan fingerprint density at radius 3 is 2.85 bits per heavy atom. The topological polar surface area (TPSA) is 59.8 Å². The SMILES string of the molecule is C=CCn1c(SCC(=O)Nc2ccc(C)c(Br)c2)nnc1C1CCCCC1. The summed E-state index contributed by atoms with van der Waals surface area (Å²) in [5, 5.41) is 12.5. The molecule has 0 spiro atoms. The predicted molar refractivity (Wildman–Crippen MR) is 114 cm³/mol. The number of nitrogens with one attached hydrogen (secondary N) is 1. The number of aryl methyl sites for hydroxylation is 1. The van der Waals surface area contributed by atoms with Crippen LogP contribution in [0.1, 0.15) is 49.4 Å². The molecule has 0 aliphatic heterocycles. The summed E-state index contributed by atoms with van der Waals surface area (Å²) in [6, 6.07) is 5.80. The summed E-state index contributed by atoms with van der Waals surface area (Å²) in [5.41, 5.74) is 1.92. The van der Waals surface area contributed by atoms with Crippen LogP contribution in [-0.2, 0) is 11.3 Å². The molecule has 3 rings (SSSR count). The van der Waals surface area contributed by atoms with Crippen LogP contribution in [0.5, 0.6) is 0 Å². The molecule has 1 aliphatic carbocycles. The van der Waals surface area contributed by atoms with Crippen LogP contribution in [0.2, 0.25) is 0 Å². The number of allylic oxidation sites excluding steroid dienone is 1. The minimum Gasteiger partial charge on any atom is -0.325 e. The number of nitrogens with zero attached hydrogens (tertiary/aromatic N) is 3. The van der Waals surface area contributed by atoms with Gasteiger partial charge in [-0.3, -0.25) is 4.79 Å². The monoisotopic (exact) mass is 448 g/mol. The molecule has 2 aromatic rings. The highest BCUT2D eigenvalue weighted by molar-refractivity contribution is 9.10. The summed E-state index contributed by atoms with van der Waals surface area (Å²) in [6.07, 6.45) is 8.02. The molecule has 0 unspecified atom stereocenters. The van der Waals surface area contributed by atoms with Crippen molar-refractivity contribution in [3.8, 4) is 0 Å². The van der Waals surface area contributed by atoms with Gasteiger partial charge in [-0.15, -0.1) is 16.8 Å². The van der Waals surface area contributed by atoms with Crippen molar-refractivity contribution in [2.24, 2.45) is 0 Å². The molecule has 1 saturated carbocycles. The molecule has 7 heteroatoms. The van der Waals surface area contributed by atoms with Crippen molar-refractivity contribution in [1.82, 2.24) is 14.8 Å². The molecule has 5 nitrogen and oxygen atoms in total. The van der Waals surface area contributed by atoms with Gasteiger partial charge < -0.3 is 9.88 Å². The van der Waals surface area contributed by atoms with Crippen LogP contribution in [-0.4, -0.2) is 26.4 Å². The molecule has 1 heterocycles. The highest BCUT2D eigenvalue weighted by atomic mass is 79.9. The van der Waals surface area contributed by atoms with Crippen LogP contribution in [0.3, 0.4) is 0 Å². The number of hydrogen-bond donors (Lipinski definition) is 1. The first-order chi connectivity index (χ1) is 13.1. The van der Waals surface area contributed by atoms with E-state index in [2.05, 4.69) is 42.6 Å². The van der Waals surface area contributed by atoms with Gasteiger partial charge in [0.15, 0.2) is 5.16 Å². The Balaban J connectivity index is 1.64. The number of benzene rings is 1. The van der Waals surface area contributed by atoms with Gasteiger partial charge in [-0.05, 0) is 37.5 Å². The smallest absolute Gasteiger partial charge is 0.234 e. The Morgan fingerprint density at radius 1 is 1.37 bits per heavy atom. The summed E-state index contributed by atoms with van der Waals surface area (Å²) >= 11 is 4.92. The average molecular weight is 449 g/mol. The average Bonchev–Trinajstić information content (AvgIpc) is 3.07. The molecule has 1 fully saturated rings. The van der Waals surface area contributed by atoms with E-state index in [1.54, 1.807) is 0 Å². The molecule has 1 aromatic heterocycles. The highest BCUT2D eigenvalue weighted by Gasteiger charge is 2.23. The Hall–Kier alpha value is -1.60. The lowest BCUT2D eigenvalue weighted by atomic mass is 9.89. The third kappa shape index (κ3) is 5.23. The molecule has 1 N–H and O–H groups in total. The number of rotatable bonds is 7. The van der Waals surface area contributed by atoms with Gasteiger partial charge in [0.2, 0.25) is 5.91 Å². The maximum Gasteiger partial charge on any atom is 0.234 e. The lowest BCUT2D eigenvalue weighted by molar-refractivity contribution is -0.113. The van der Waals surface area contributed by atoms with Crippen LogP contribution in [0.15, 0.2) is 40.5 Å². The van der Waals surface area contributed by atoms with E-state index in [1.807, 2.05) is 31.2 Å². The molecule has 0 atom stereocenters. The standard InChI is InChI=1S/C20H25BrN4OS/c1-3-11-25-19(15-7-5-4-6-8-15)23-24-20(25)27-13-18(26)22-16-10-9-14(2)17(21)12-16/h3,9-10,12,15H,1,4-8,11,13H2,2H3,(H,22,26). The molecule has 0 radical (unpaired) electrons. The summed E-state index contributed by atoms with van der Waals surface area (Å²) in [4.78, 5) is 12.3. The van der Waals surface area contributed by atoms with Crippen molar-refractivity contribution in [2.75, 3.05) is 11.1 Å². The van der Waals surface area contributed by atoms with Crippen molar-refractivity contribution in [3.63, 3.8) is 0 Å². The molecule has 144 valence electrons. The van der Waals surface area contributed by atoms with E-state index in [1.165, 1.54) is 43.9 Å². The molecule has 1 amide bonds. The van der Waals surface area contributed by atoms with Gasteiger partial charge in [0.05, 0.1) is 5.75 Å². The van der Waals surface area contributed by atoms with Gasteiger partial charge in [-0.2, -0.15) is 0 Å². The molecular formula is C20H25BrN4OS. The minimum atomic E-state index is -0.0527. The first kappa shape index (κ1) is 20.1. The Kier molecular flexibility index (Phi) is 7.13. The number of thioether (sulfide) groups is 1. The molecule has 0 bridgehead atoms. The van der Waals surface area contributed by atoms with Gasteiger partial charge in [-0.25, -0.2) is 0 Å². The van der Waals surface area contributed by atoms with Gasteiger partial charge in [0.25, 0.3) is 0 Å². The van der Waals surface area contributed by atoms with E-state index in [9.17, 15) is 4.79 Å². The van der Waals surface area contributed by atoms with Crippen molar-refractivity contribution in [2.45, 2.75) is 56.6 Å². The van der Waals surface area contributed by atoms with Crippen LogP contribution in [0.4, 0.5) is 5.69 Å². The van der Waals surface area contributed by atoms with E-state index in [0.717, 1.165) is 26.7 Å². The van der Waals surface area contributed by atoms with E-state index >= 15 is 0 Å². The quantitative estimate of drug-likeness (QED) is 0.460. The van der Waals surface area contributed by atoms with Crippen molar-refractivity contribution >= 4 is 39.3 Å². The lowest BCUT2D eigenvalue weighted by Gasteiger charge is -2.21. The number of anilines is 1. The number of aromatic nitrogens is 3. The zero-order valence-electron chi connectivity index (χ0n) is 15.6. The summed E-state index contributed by atoms with van der Waals surface area (Å²) < 4.78 is 3.10. The fraction of sp³-hybridized carbons (Fsp3) is 0.450. The van der Waals surface area contributed by atoms with Gasteiger partial charge >= 0.3 is 0 Å². The Bertz CT molecular complexity index is 814. The first-order valence-electron chi connectivity index (χ1n) is 9.31. The normalized spacial score (nSPS) is 14.9. The largest absolute Gasteiger partial charge is 0.325 e. The highest BCUT2D eigenvalue weighted by Crippen LogP contribution is 2.33. The fourth-order valence-electron chi connectivity index (χ4n) is 3.37. The van der Waals surface area contributed by atoms with Crippen LogP contribution >= 0.6 is 27.7 Å². The zero-order valence-corrected chi connectivity index (χ0v) is 18.0. The number of halogens is 1. The second kappa shape index (κ2) is 9.55. The number of amides is 1. The summed E-state index contributed by atoms with van der Waals surface area (Å²) in [7, 11) is 0. The first-order valence-corrected chi connectivity index (χ1v) is 11.1. The third-order valence-electron chi connectivity index (χ3n) is 4.82. The summed E-state index contributed by atoms with van der Waals surface area (Å²) in [6.45, 7) is 6.55. The third-order valence-corrected chi connectivity index (χ3v) is 6.64. The second-order valence-corrected chi connectivity index (χ2v) is 8.67. The maximum atomic E-state index is 12.3. The van der Waals surface area contributed by atoms with Crippen LogP contribution in [0.25, 0.3) is 0 Å².